The summed E-state index contributed by atoms with van der Waals surface area (Å²) in [5, 5.41) is 4.37. The van der Waals surface area contributed by atoms with Crippen molar-refractivity contribution >= 4 is 32.7 Å². The fourth-order valence-electron chi connectivity index (χ4n) is 7.26. The molecule has 0 N–H and O–H groups in total. The van der Waals surface area contributed by atoms with Crippen LogP contribution in [0.5, 0.6) is 0 Å². The summed E-state index contributed by atoms with van der Waals surface area (Å²) in [4.78, 5) is 15.7. The average molecular weight is 678 g/mol. The number of aromatic nitrogens is 3. The molecule has 0 radical (unpaired) electrons. The number of para-hydroxylation sites is 1. The normalized spacial score (nSPS) is 11.4. The lowest BCUT2D eigenvalue weighted by molar-refractivity contribution is 0.669. The first-order valence-corrected chi connectivity index (χ1v) is 17.8. The number of rotatable bonds is 6. The molecule has 0 fully saturated rings. The van der Waals surface area contributed by atoms with Crippen molar-refractivity contribution in [1.29, 1.82) is 0 Å². The van der Waals surface area contributed by atoms with Crippen LogP contribution in [0.2, 0.25) is 0 Å². The Kier molecular flexibility index (Phi) is 7.43. The Bertz CT molecular complexity index is 2850. The van der Waals surface area contributed by atoms with E-state index in [2.05, 4.69) is 158 Å². The van der Waals surface area contributed by atoms with E-state index in [4.69, 9.17) is 19.4 Å². The van der Waals surface area contributed by atoms with Gasteiger partial charge < -0.3 is 4.42 Å². The maximum Gasteiger partial charge on any atom is 0.164 e. The zero-order valence-corrected chi connectivity index (χ0v) is 28.6. The van der Waals surface area contributed by atoms with E-state index in [0.29, 0.717) is 17.5 Å². The molecule has 0 saturated carbocycles. The minimum absolute atomic E-state index is 0.583. The van der Waals surface area contributed by atoms with Crippen LogP contribution in [0.1, 0.15) is 0 Å². The smallest absolute Gasteiger partial charge is 0.164 e. The predicted molar refractivity (Wildman–Crippen MR) is 217 cm³/mol. The van der Waals surface area contributed by atoms with Gasteiger partial charge in [-0.3, -0.25) is 0 Å². The number of hydrogen-bond acceptors (Lipinski definition) is 4. The lowest BCUT2D eigenvalue weighted by atomic mass is 9.96. The Morgan fingerprint density at radius 3 is 1.51 bits per heavy atom. The van der Waals surface area contributed by atoms with Crippen LogP contribution in [0.15, 0.2) is 192 Å². The predicted octanol–water partition coefficient (Wildman–Crippen LogP) is 12.9. The molecule has 2 aromatic heterocycles. The Hall–Kier alpha value is -7.17. The van der Waals surface area contributed by atoms with Crippen LogP contribution in [0.3, 0.4) is 0 Å². The molecular formula is C49H31N3O. The van der Waals surface area contributed by atoms with Crippen LogP contribution in [0.25, 0.3) is 100 Å². The second-order valence-electron chi connectivity index (χ2n) is 13.3. The highest BCUT2D eigenvalue weighted by atomic mass is 16.3. The zero-order chi connectivity index (χ0) is 35.1. The fourth-order valence-corrected chi connectivity index (χ4v) is 7.26. The Morgan fingerprint density at radius 2 is 0.830 bits per heavy atom. The highest BCUT2D eigenvalue weighted by Crippen LogP contribution is 2.40. The summed E-state index contributed by atoms with van der Waals surface area (Å²) in [6, 6.07) is 65.2. The third kappa shape index (κ3) is 5.73. The molecule has 0 amide bonds. The van der Waals surface area contributed by atoms with Gasteiger partial charge in [0.05, 0.1) is 0 Å². The molecule has 10 rings (SSSR count). The highest BCUT2D eigenvalue weighted by Gasteiger charge is 2.20. The van der Waals surface area contributed by atoms with Crippen molar-refractivity contribution in [1.82, 2.24) is 15.0 Å². The monoisotopic (exact) mass is 677 g/mol. The maximum atomic E-state index is 6.55. The summed E-state index contributed by atoms with van der Waals surface area (Å²) in [7, 11) is 0. The van der Waals surface area contributed by atoms with Gasteiger partial charge in [-0.25, -0.2) is 15.0 Å². The summed E-state index contributed by atoms with van der Waals surface area (Å²) < 4.78 is 6.55. The molecule has 0 saturated heterocycles. The second kappa shape index (κ2) is 12.9. The van der Waals surface area contributed by atoms with Crippen molar-refractivity contribution in [2.45, 2.75) is 0 Å². The zero-order valence-electron chi connectivity index (χ0n) is 28.6. The molecule has 2 heterocycles. The molecule has 0 aliphatic rings. The van der Waals surface area contributed by atoms with Crippen molar-refractivity contribution in [2.75, 3.05) is 0 Å². The van der Waals surface area contributed by atoms with Crippen LogP contribution in [-0.2, 0) is 0 Å². The average Bonchev–Trinajstić information content (AvgIpc) is 3.62. The number of furan rings is 1. The molecule has 8 aromatic carbocycles. The fraction of sp³-hybridized carbons (Fsp3) is 0. The first kappa shape index (κ1) is 30.6. The second-order valence-corrected chi connectivity index (χ2v) is 13.3. The van der Waals surface area contributed by atoms with Crippen LogP contribution < -0.4 is 0 Å². The van der Waals surface area contributed by atoms with E-state index in [9.17, 15) is 0 Å². The molecule has 10 aromatic rings. The summed E-state index contributed by atoms with van der Waals surface area (Å²) in [6.45, 7) is 0. The largest absolute Gasteiger partial charge is 0.456 e. The van der Waals surface area contributed by atoms with Crippen molar-refractivity contribution < 1.29 is 4.42 Å². The van der Waals surface area contributed by atoms with Gasteiger partial charge in [0.25, 0.3) is 0 Å². The SMILES string of the molecule is c1ccc(-c2cccc(-c3nc(-c4cccc(-c5ccccc5)c4)nc(-c4cc(-c5ccc6ccccc6c5)cc5oc6ccccc6c45)n3)c2)cc1. The van der Waals surface area contributed by atoms with Crippen LogP contribution >= 0.6 is 0 Å². The van der Waals surface area contributed by atoms with E-state index >= 15 is 0 Å². The molecule has 0 atom stereocenters. The standard InChI is InChI=1S/C49H31N3O/c1-3-13-32(14-4-1)36-19-11-21-39(28-36)47-50-48(40-22-12-20-37(29-40)33-15-5-2-6-16-33)52-49(51-47)43-30-41(38-26-25-34-17-7-8-18-35(34)27-38)31-45-46(43)42-23-9-10-24-44(42)53-45/h1-31H. The number of nitrogens with zero attached hydrogens (tertiary/aromatic N) is 3. The molecule has 0 spiro atoms. The van der Waals surface area contributed by atoms with Crippen molar-refractivity contribution in [2.24, 2.45) is 0 Å². The van der Waals surface area contributed by atoms with Gasteiger partial charge in [0.2, 0.25) is 0 Å². The van der Waals surface area contributed by atoms with Crippen LogP contribution in [0, 0.1) is 0 Å². The van der Waals surface area contributed by atoms with Gasteiger partial charge >= 0.3 is 0 Å². The van der Waals surface area contributed by atoms with Gasteiger partial charge in [-0.05, 0) is 80.6 Å². The minimum atomic E-state index is 0.583. The molecular weight excluding hydrogens is 647 g/mol. The van der Waals surface area contributed by atoms with E-state index in [-0.39, 0.29) is 0 Å². The van der Waals surface area contributed by atoms with E-state index in [0.717, 1.165) is 72.0 Å². The molecule has 0 aliphatic heterocycles. The van der Waals surface area contributed by atoms with E-state index < -0.39 is 0 Å². The van der Waals surface area contributed by atoms with Crippen molar-refractivity contribution in [3.8, 4) is 67.5 Å². The summed E-state index contributed by atoms with van der Waals surface area (Å²) in [5.74, 6) is 1.79. The number of fused-ring (bicyclic) bond motifs is 4. The van der Waals surface area contributed by atoms with Crippen LogP contribution in [-0.4, -0.2) is 15.0 Å². The molecule has 0 unspecified atom stereocenters. The van der Waals surface area contributed by atoms with Gasteiger partial charge in [-0.2, -0.15) is 0 Å². The minimum Gasteiger partial charge on any atom is -0.456 e. The third-order valence-electron chi connectivity index (χ3n) is 9.89. The Morgan fingerprint density at radius 1 is 0.302 bits per heavy atom. The first-order valence-electron chi connectivity index (χ1n) is 17.8. The summed E-state index contributed by atoms with van der Waals surface area (Å²) in [5.41, 5.74) is 10.9. The topological polar surface area (TPSA) is 51.8 Å². The Labute approximate surface area is 306 Å². The van der Waals surface area contributed by atoms with Crippen molar-refractivity contribution in [3.05, 3.63) is 188 Å². The molecule has 4 heteroatoms. The van der Waals surface area contributed by atoms with Gasteiger partial charge in [0.1, 0.15) is 11.2 Å². The third-order valence-corrected chi connectivity index (χ3v) is 9.89. The van der Waals surface area contributed by atoms with E-state index in [1.54, 1.807) is 0 Å². The van der Waals surface area contributed by atoms with Gasteiger partial charge in [0.15, 0.2) is 17.5 Å². The summed E-state index contributed by atoms with van der Waals surface area (Å²) in [6.07, 6.45) is 0. The molecule has 248 valence electrons. The van der Waals surface area contributed by atoms with E-state index in [1.807, 2.05) is 30.3 Å². The lowest BCUT2D eigenvalue weighted by Gasteiger charge is -2.12. The molecule has 4 nitrogen and oxygen atoms in total. The molecule has 0 aliphatic carbocycles. The molecule has 0 bridgehead atoms. The Balaban J connectivity index is 1.23. The van der Waals surface area contributed by atoms with Crippen LogP contribution in [0.4, 0.5) is 0 Å². The highest BCUT2D eigenvalue weighted by molar-refractivity contribution is 6.13. The molecule has 53 heavy (non-hydrogen) atoms. The maximum absolute atomic E-state index is 6.55. The van der Waals surface area contributed by atoms with Crippen molar-refractivity contribution in [3.63, 3.8) is 0 Å². The van der Waals surface area contributed by atoms with Gasteiger partial charge in [0, 0.05) is 27.5 Å². The van der Waals surface area contributed by atoms with Gasteiger partial charge in [-0.15, -0.1) is 0 Å². The van der Waals surface area contributed by atoms with Gasteiger partial charge in [-0.1, -0.05) is 152 Å². The number of benzene rings is 8. The number of hydrogen-bond donors (Lipinski definition) is 0. The quantitative estimate of drug-likeness (QED) is 0.176. The summed E-state index contributed by atoms with van der Waals surface area (Å²) >= 11 is 0. The van der Waals surface area contributed by atoms with E-state index in [1.165, 1.54) is 10.8 Å². The lowest BCUT2D eigenvalue weighted by Crippen LogP contribution is -2.01. The first-order chi connectivity index (χ1) is 26.2.